The lowest BCUT2D eigenvalue weighted by atomic mass is 10.3. The second-order valence-electron chi connectivity index (χ2n) is 2.88. The molecule has 0 bridgehead atoms. The summed E-state index contributed by atoms with van der Waals surface area (Å²) < 4.78 is 5.02. The first-order chi connectivity index (χ1) is 7.65. The lowest BCUT2D eigenvalue weighted by Crippen LogP contribution is -1.95. The Balaban J connectivity index is 2.82. The minimum Gasteiger partial charge on any atom is -0.493 e. The fourth-order valence-corrected chi connectivity index (χ4v) is 1.84. The van der Waals surface area contributed by atoms with E-state index in [0.29, 0.717) is 16.1 Å². The summed E-state index contributed by atoms with van der Waals surface area (Å²) in [5, 5.41) is 10.8. The van der Waals surface area contributed by atoms with Crippen molar-refractivity contribution in [2.24, 2.45) is 0 Å². The van der Waals surface area contributed by atoms with Crippen molar-refractivity contribution in [3.05, 3.63) is 11.2 Å². The SMILES string of the molecule is COc1nc(Cl)cc2nc(SC)nc(O)c12. The molecule has 2 aromatic rings. The predicted octanol–water partition coefficient (Wildman–Crippen LogP) is 2.11. The lowest BCUT2D eigenvalue weighted by molar-refractivity contribution is 0.397. The average molecular weight is 258 g/mol. The molecular formula is C9H8ClN3O2S. The highest BCUT2D eigenvalue weighted by molar-refractivity contribution is 7.98. The minimum absolute atomic E-state index is 0.157. The van der Waals surface area contributed by atoms with Crippen LogP contribution in [0.25, 0.3) is 10.9 Å². The topological polar surface area (TPSA) is 68.1 Å². The molecule has 0 fully saturated rings. The van der Waals surface area contributed by atoms with Gasteiger partial charge in [0, 0.05) is 6.07 Å². The van der Waals surface area contributed by atoms with Gasteiger partial charge in [0.05, 0.1) is 12.6 Å². The average Bonchev–Trinajstić information content (AvgIpc) is 2.26. The molecule has 0 aliphatic heterocycles. The smallest absolute Gasteiger partial charge is 0.229 e. The fourth-order valence-electron chi connectivity index (χ4n) is 1.29. The van der Waals surface area contributed by atoms with Gasteiger partial charge in [-0.15, -0.1) is 0 Å². The summed E-state index contributed by atoms with van der Waals surface area (Å²) in [5.41, 5.74) is 0.508. The monoisotopic (exact) mass is 257 g/mol. The van der Waals surface area contributed by atoms with E-state index in [0.717, 1.165) is 0 Å². The Labute approximate surface area is 101 Å². The molecule has 0 radical (unpaired) electrons. The van der Waals surface area contributed by atoms with Gasteiger partial charge in [0.25, 0.3) is 0 Å². The molecule has 2 heterocycles. The molecule has 5 nitrogen and oxygen atoms in total. The molecular weight excluding hydrogens is 250 g/mol. The molecule has 0 amide bonds. The summed E-state index contributed by atoms with van der Waals surface area (Å²) in [6, 6.07) is 1.56. The number of methoxy groups -OCH3 is 1. The number of aromatic nitrogens is 3. The van der Waals surface area contributed by atoms with Crippen LogP contribution in [0.3, 0.4) is 0 Å². The number of ether oxygens (including phenoxy) is 1. The highest BCUT2D eigenvalue weighted by Gasteiger charge is 2.13. The van der Waals surface area contributed by atoms with Crippen molar-refractivity contribution in [1.29, 1.82) is 0 Å². The zero-order valence-electron chi connectivity index (χ0n) is 8.56. The molecule has 16 heavy (non-hydrogen) atoms. The van der Waals surface area contributed by atoms with Crippen LogP contribution in [0, 0.1) is 0 Å². The van der Waals surface area contributed by atoms with Crippen LogP contribution in [0.5, 0.6) is 11.8 Å². The van der Waals surface area contributed by atoms with Crippen LogP contribution >= 0.6 is 23.4 Å². The van der Waals surface area contributed by atoms with Crippen molar-refractivity contribution in [1.82, 2.24) is 15.0 Å². The summed E-state index contributed by atoms with van der Waals surface area (Å²) in [6.45, 7) is 0. The third kappa shape index (κ3) is 1.85. The van der Waals surface area contributed by atoms with Gasteiger partial charge in [-0.2, -0.15) is 4.98 Å². The largest absolute Gasteiger partial charge is 0.493 e. The van der Waals surface area contributed by atoms with Crippen LogP contribution in [0.4, 0.5) is 0 Å². The summed E-state index contributed by atoms with van der Waals surface area (Å²) in [5.74, 6) is 0.0584. The molecule has 0 saturated carbocycles. The van der Waals surface area contributed by atoms with Gasteiger partial charge >= 0.3 is 0 Å². The molecule has 0 saturated heterocycles. The van der Waals surface area contributed by atoms with E-state index in [-0.39, 0.29) is 16.9 Å². The molecule has 0 aliphatic carbocycles. The summed E-state index contributed by atoms with van der Waals surface area (Å²) in [7, 11) is 1.44. The number of hydrogen-bond acceptors (Lipinski definition) is 6. The molecule has 0 atom stereocenters. The van der Waals surface area contributed by atoms with Crippen molar-refractivity contribution >= 4 is 34.3 Å². The van der Waals surface area contributed by atoms with Crippen molar-refractivity contribution in [3.8, 4) is 11.8 Å². The van der Waals surface area contributed by atoms with Crippen LogP contribution in [-0.2, 0) is 0 Å². The summed E-state index contributed by atoms with van der Waals surface area (Å²) >= 11 is 7.14. The van der Waals surface area contributed by atoms with Gasteiger partial charge in [-0.05, 0) is 6.26 Å². The molecule has 0 aromatic carbocycles. The van der Waals surface area contributed by atoms with Crippen LogP contribution in [-0.4, -0.2) is 33.4 Å². The van der Waals surface area contributed by atoms with Crippen molar-refractivity contribution in [2.45, 2.75) is 5.16 Å². The number of hydrogen-bond donors (Lipinski definition) is 1. The number of rotatable bonds is 2. The van der Waals surface area contributed by atoms with Crippen molar-refractivity contribution in [3.63, 3.8) is 0 Å². The van der Waals surface area contributed by atoms with E-state index in [1.165, 1.54) is 18.9 Å². The maximum absolute atomic E-state index is 9.76. The van der Waals surface area contributed by atoms with Gasteiger partial charge in [0.1, 0.15) is 10.5 Å². The first-order valence-electron chi connectivity index (χ1n) is 4.31. The number of nitrogens with zero attached hydrogens (tertiary/aromatic N) is 3. The molecule has 0 unspecified atom stereocenters. The Kier molecular flexibility index (Phi) is 3.02. The molecule has 0 spiro atoms. The number of thioether (sulfide) groups is 1. The van der Waals surface area contributed by atoms with E-state index in [1.807, 2.05) is 6.26 Å². The van der Waals surface area contributed by atoms with Gasteiger partial charge < -0.3 is 9.84 Å². The Morgan fingerprint density at radius 2 is 2.12 bits per heavy atom. The maximum atomic E-state index is 9.76. The maximum Gasteiger partial charge on any atom is 0.229 e. The fraction of sp³-hybridized carbons (Fsp3) is 0.222. The number of aromatic hydroxyl groups is 1. The summed E-state index contributed by atoms with van der Waals surface area (Å²) in [4.78, 5) is 12.0. The predicted molar refractivity (Wildman–Crippen MR) is 62.3 cm³/mol. The Bertz CT molecular complexity index is 550. The molecule has 0 aliphatic rings. The van der Waals surface area contributed by atoms with E-state index < -0.39 is 0 Å². The number of halogens is 1. The van der Waals surface area contributed by atoms with E-state index in [4.69, 9.17) is 16.3 Å². The normalized spacial score (nSPS) is 10.7. The van der Waals surface area contributed by atoms with Crippen molar-refractivity contribution in [2.75, 3.05) is 13.4 Å². The lowest BCUT2D eigenvalue weighted by Gasteiger charge is -2.06. The molecule has 84 valence electrons. The second kappa shape index (κ2) is 4.31. The van der Waals surface area contributed by atoms with Crippen LogP contribution in [0.2, 0.25) is 5.15 Å². The first kappa shape index (κ1) is 11.2. The van der Waals surface area contributed by atoms with Crippen LogP contribution in [0.15, 0.2) is 11.2 Å². The van der Waals surface area contributed by atoms with E-state index in [9.17, 15) is 5.11 Å². The van der Waals surface area contributed by atoms with Gasteiger partial charge in [-0.3, -0.25) is 0 Å². The zero-order valence-corrected chi connectivity index (χ0v) is 10.1. The Morgan fingerprint density at radius 1 is 1.38 bits per heavy atom. The van der Waals surface area contributed by atoms with Crippen molar-refractivity contribution < 1.29 is 9.84 Å². The molecule has 1 N–H and O–H groups in total. The van der Waals surface area contributed by atoms with E-state index in [1.54, 1.807) is 6.07 Å². The first-order valence-corrected chi connectivity index (χ1v) is 5.91. The molecule has 2 aromatic heterocycles. The second-order valence-corrected chi connectivity index (χ2v) is 4.04. The van der Waals surface area contributed by atoms with Crippen LogP contribution < -0.4 is 4.74 Å². The highest BCUT2D eigenvalue weighted by Crippen LogP contribution is 2.32. The Hall–Kier alpha value is -1.27. The van der Waals surface area contributed by atoms with E-state index >= 15 is 0 Å². The molecule has 2 rings (SSSR count). The van der Waals surface area contributed by atoms with Gasteiger partial charge in [-0.25, -0.2) is 9.97 Å². The van der Waals surface area contributed by atoms with Gasteiger partial charge in [0.15, 0.2) is 5.16 Å². The standard InChI is InChI=1S/C9H8ClN3O2S/c1-15-8-6-4(3-5(10)12-8)11-9(16-2)13-7(6)14/h3H,1-2H3,(H,11,13,14). The third-order valence-electron chi connectivity index (χ3n) is 1.95. The Morgan fingerprint density at radius 3 is 2.75 bits per heavy atom. The van der Waals surface area contributed by atoms with Gasteiger partial charge in [-0.1, -0.05) is 23.4 Å². The number of pyridine rings is 1. The zero-order chi connectivity index (χ0) is 11.7. The highest BCUT2D eigenvalue weighted by atomic mass is 35.5. The third-order valence-corrected chi connectivity index (χ3v) is 2.69. The summed E-state index contributed by atoms with van der Waals surface area (Å²) in [6.07, 6.45) is 1.82. The quantitative estimate of drug-likeness (QED) is 0.505. The number of fused-ring (bicyclic) bond motifs is 1. The minimum atomic E-state index is -0.157. The van der Waals surface area contributed by atoms with Crippen LogP contribution in [0.1, 0.15) is 0 Å². The van der Waals surface area contributed by atoms with E-state index in [2.05, 4.69) is 15.0 Å². The molecule has 7 heteroatoms. The van der Waals surface area contributed by atoms with Gasteiger partial charge in [0.2, 0.25) is 11.8 Å².